The Morgan fingerprint density at radius 2 is 1.86 bits per heavy atom. The molecule has 0 amide bonds. The van der Waals surface area contributed by atoms with Crippen molar-refractivity contribution in [3.8, 4) is 5.75 Å². The molecule has 0 aliphatic heterocycles. The fraction of sp³-hybridized carbons (Fsp3) is 0.250. The second kappa shape index (κ2) is 6.71. The highest BCUT2D eigenvalue weighted by Crippen LogP contribution is 2.32. The van der Waals surface area contributed by atoms with E-state index < -0.39 is 0 Å². The van der Waals surface area contributed by atoms with Crippen molar-refractivity contribution in [3.63, 3.8) is 0 Å². The highest BCUT2D eigenvalue weighted by molar-refractivity contribution is 6.15. The number of rotatable bonds is 5. The fourth-order valence-electron chi connectivity index (χ4n) is 4.57. The van der Waals surface area contributed by atoms with Crippen LogP contribution in [0.1, 0.15) is 19.4 Å². The predicted octanol–water partition coefficient (Wildman–Crippen LogP) is 3.44. The minimum atomic E-state index is -0.0401. The van der Waals surface area contributed by atoms with Gasteiger partial charge >= 0.3 is 5.56 Å². The van der Waals surface area contributed by atoms with Crippen LogP contribution in [-0.4, -0.2) is 22.7 Å². The van der Waals surface area contributed by atoms with Crippen molar-refractivity contribution in [1.29, 1.82) is 0 Å². The largest absolute Gasteiger partial charge is 0.494 e. The Balaban J connectivity index is 2.07. The molecule has 1 N–H and O–H groups in total. The number of ether oxygens (including phenoxy) is 1. The first kappa shape index (κ1) is 17.9. The maximum absolute atomic E-state index is 13.6. The van der Waals surface area contributed by atoms with Gasteiger partial charge in [-0.3, -0.25) is 0 Å². The molecular weight excluding hydrogens is 364 g/mol. The summed E-state index contributed by atoms with van der Waals surface area (Å²) in [6.07, 6.45) is 0.908. The summed E-state index contributed by atoms with van der Waals surface area (Å²) in [5.41, 5.74) is 3.72. The van der Waals surface area contributed by atoms with E-state index in [2.05, 4.69) is 25.1 Å². The Hall–Kier alpha value is -3.18. The monoisotopic (exact) mass is 387 g/mol. The van der Waals surface area contributed by atoms with E-state index in [1.165, 1.54) is 5.56 Å². The van der Waals surface area contributed by atoms with E-state index in [0.29, 0.717) is 13.2 Å². The third-order valence-electron chi connectivity index (χ3n) is 5.77. The SMILES string of the molecule is CCOc1ccc2c(c1)n1c(=O)c3cccc4c(CC)ccc(c43)c1[n+]2CCO. The van der Waals surface area contributed by atoms with E-state index >= 15 is 0 Å². The minimum Gasteiger partial charge on any atom is -0.494 e. The van der Waals surface area contributed by atoms with Gasteiger partial charge in [-0.15, -0.1) is 0 Å². The number of aryl methyl sites for hydroxylation is 1. The number of fused-ring (bicyclic) bond motifs is 4. The van der Waals surface area contributed by atoms with Gasteiger partial charge in [0, 0.05) is 11.5 Å². The topological polar surface area (TPSA) is 54.8 Å². The summed E-state index contributed by atoms with van der Waals surface area (Å²) in [5, 5.41) is 13.6. The van der Waals surface area contributed by atoms with Crippen LogP contribution in [0.15, 0.2) is 53.3 Å². The van der Waals surface area contributed by atoms with Crippen LogP contribution in [0.25, 0.3) is 38.2 Å². The van der Waals surface area contributed by atoms with Crippen LogP contribution in [0.3, 0.4) is 0 Å². The van der Waals surface area contributed by atoms with Crippen LogP contribution in [0, 0.1) is 0 Å². The molecule has 2 aromatic heterocycles. The summed E-state index contributed by atoms with van der Waals surface area (Å²) in [5.74, 6) is 0.731. The van der Waals surface area contributed by atoms with Crippen LogP contribution in [0.4, 0.5) is 0 Å². The standard InChI is InChI=1S/C24H23N2O3/c1-3-15-8-10-18-22-17(15)6-5-7-19(22)24(28)26-21-14-16(29-4-2)9-11-20(21)25(12-13-27)23(18)26/h5-11,14,27H,3-4,12-13H2,1-2H3/q+1. The third-order valence-corrected chi connectivity index (χ3v) is 5.77. The Labute approximate surface area is 167 Å². The van der Waals surface area contributed by atoms with E-state index in [1.807, 2.05) is 41.8 Å². The van der Waals surface area contributed by atoms with Gasteiger partial charge in [-0.1, -0.05) is 25.1 Å². The summed E-state index contributed by atoms with van der Waals surface area (Å²) in [6, 6.07) is 16.0. The summed E-state index contributed by atoms with van der Waals surface area (Å²) < 4.78 is 9.50. The van der Waals surface area contributed by atoms with Crippen molar-refractivity contribution < 1.29 is 14.4 Å². The number of benzene rings is 3. The highest BCUT2D eigenvalue weighted by atomic mass is 16.5. The average molecular weight is 387 g/mol. The van der Waals surface area contributed by atoms with E-state index in [0.717, 1.165) is 50.4 Å². The van der Waals surface area contributed by atoms with E-state index in [1.54, 1.807) is 4.40 Å². The Morgan fingerprint density at radius 3 is 2.62 bits per heavy atom. The number of imidazole rings is 1. The molecule has 146 valence electrons. The Morgan fingerprint density at radius 1 is 1.03 bits per heavy atom. The van der Waals surface area contributed by atoms with Crippen molar-refractivity contribution in [3.05, 3.63) is 64.4 Å². The van der Waals surface area contributed by atoms with Crippen LogP contribution in [0.2, 0.25) is 0 Å². The molecule has 5 nitrogen and oxygen atoms in total. The summed E-state index contributed by atoms with van der Waals surface area (Å²) in [6.45, 7) is 5.05. The molecule has 0 spiro atoms. The number of nitrogens with zero attached hydrogens (tertiary/aromatic N) is 2. The second-order valence-corrected chi connectivity index (χ2v) is 7.28. The first-order valence-electron chi connectivity index (χ1n) is 10.1. The molecule has 0 unspecified atom stereocenters. The van der Waals surface area contributed by atoms with E-state index in [4.69, 9.17) is 4.74 Å². The van der Waals surface area contributed by atoms with Gasteiger partial charge in [0.15, 0.2) is 11.0 Å². The van der Waals surface area contributed by atoms with Gasteiger partial charge in [-0.05, 0) is 48.6 Å². The van der Waals surface area contributed by atoms with Crippen molar-refractivity contribution in [2.45, 2.75) is 26.8 Å². The van der Waals surface area contributed by atoms with Crippen molar-refractivity contribution in [2.24, 2.45) is 0 Å². The van der Waals surface area contributed by atoms with Gasteiger partial charge in [-0.25, -0.2) is 9.36 Å². The molecule has 0 saturated carbocycles. The quantitative estimate of drug-likeness (QED) is 0.470. The number of aromatic nitrogens is 2. The lowest BCUT2D eigenvalue weighted by molar-refractivity contribution is -0.646. The molecule has 3 aromatic carbocycles. The summed E-state index contributed by atoms with van der Waals surface area (Å²) >= 11 is 0. The first-order valence-corrected chi connectivity index (χ1v) is 10.1. The maximum atomic E-state index is 13.6. The molecule has 0 atom stereocenters. The number of aliphatic hydroxyl groups is 1. The molecule has 0 radical (unpaired) electrons. The predicted molar refractivity (Wildman–Crippen MR) is 115 cm³/mol. The number of hydrogen-bond acceptors (Lipinski definition) is 3. The van der Waals surface area contributed by atoms with Gasteiger partial charge in [-0.2, -0.15) is 4.40 Å². The molecule has 0 fully saturated rings. The fourth-order valence-corrected chi connectivity index (χ4v) is 4.57. The van der Waals surface area contributed by atoms with Crippen LogP contribution in [-0.2, 0) is 13.0 Å². The zero-order valence-electron chi connectivity index (χ0n) is 16.6. The molecule has 0 bridgehead atoms. The Kier molecular flexibility index (Phi) is 4.14. The number of hydrogen-bond donors (Lipinski definition) is 1. The van der Waals surface area contributed by atoms with Gasteiger partial charge in [0.05, 0.1) is 24.0 Å². The van der Waals surface area contributed by atoms with Crippen LogP contribution >= 0.6 is 0 Å². The van der Waals surface area contributed by atoms with E-state index in [-0.39, 0.29) is 12.2 Å². The lowest BCUT2D eigenvalue weighted by atomic mass is 9.97. The molecule has 0 aliphatic carbocycles. The lowest BCUT2D eigenvalue weighted by Gasteiger charge is -2.08. The molecule has 29 heavy (non-hydrogen) atoms. The molecular formula is C24H23N2O3+. The summed E-state index contributed by atoms with van der Waals surface area (Å²) in [7, 11) is 0. The van der Waals surface area contributed by atoms with E-state index in [9.17, 15) is 9.90 Å². The van der Waals surface area contributed by atoms with Gasteiger partial charge in [0.2, 0.25) is 0 Å². The van der Waals surface area contributed by atoms with Crippen molar-refractivity contribution in [2.75, 3.05) is 13.2 Å². The highest BCUT2D eigenvalue weighted by Gasteiger charge is 2.27. The van der Waals surface area contributed by atoms with Crippen molar-refractivity contribution in [1.82, 2.24) is 4.40 Å². The molecule has 5 rings (SSSR count). The number of aliphatic hydroxyl groups excluding tert-OH is 1. The van der Waals surface area contributed by atoms with Crippen molar-refractivity contribution >= 4 is 38.2 Å². The minimum absolute atomic E-state index is 0.00395. The third kappa shape index (κ3) is 2.44. The summed E-state index contributed by atoms with van der Waals surface area (Å²) in [4.78, 5) is 13.6. The van der Waals surface area contributed by atoms with Crippen LogP contribution < -0.4 is 14.9 Å². The second-order valence-electron chi connectivity index (χ2n) is 7.28. The molecule has 5 aromatic rings. The first-order chi connectivity index (χ1) is 14.2. The Bertz CT molecular complexity index is 1440. The zero-order chi connectivity index (χ0) is 20.1. The zero-order valence-corrected chi connectivity index (χ0v) is 16.6. The average Bonchev–Trinajstić information content (AvgIpc) is 3.06. The van der Waals surface area contributed by atoms with Crippen LogP contribution in [0.5, 0.6) is 5.75 Å². The normalized spacial score (nSPS) is 12.0. The van der Waals surface area contributed by atoms with Gasteiger partial charge in [0.25, 0.3) is 5.65 Å². The molecule has 5 heteroatoms. The molecule has 0 saturated heterocycles. The maximum Gasteiger partial charge on any atom is 0.347 e. The molecule has 0 aliphatic rings. The number of pyridine rings is 1. The smallest absolute Gasteiger partial charge is 0.347 e. The van der Waals surface area contributed by atoms with Gasteiger partial charge in [0.1, 0.15) is 12.3 Å². The molecule has 2 heterocycles. The lowest BCUT2D eigenvalue weighted by Crippen LogP contribution is -2.36. The van der Waals surface area contributed by atoms with Gasteiger partial charge < -0.3 is 9.84 Å².